The first-order valence-electron chi connectivity index (χ1n) is 18.7. The fraction of sp³-hybridized carbons (Fsp3) is 0.100. The van der Waals surface area contributed by atoms with Gasteiger partial charge in [-0.05, 0) is 52.4 Å². The van der Waals surface area contributed by atoms with Crippen LogP contribution in [0.3, 0.4) is 0 Å². The molecule has 0 radical (unpaired) electrons. The van der Waals surface area contributed by atoms with Crippen molar-refractivity contribution in [2.45, 2.75) is 18.8 Å². The molecule has 0 aliphatic heterocycles. The summed E-state index contributed by atoms with van der Waals surface area (Å²) >= 11 is 0. The van der Waals surface area contributed by atoms with Gasteiger partial charge >= 0.3 is 0 Å². The first-order chi connectivity index (χ1) is 26.6. The van der Waals surface area contributed by atoms with Crippen molar-refractivity contribution in [3.8, 4) is 33.9 Å². The van der Waals surface area contributed by atoms with E-state index >= 15 is 0 Å². The zero-order valence-electron chi connectivity index (χ0n) is 29.9. The van der Waals surface area contributed by atoms with Gasteiger partial charge in [0.25, 0.3) is 0 Å². The van der Waals surface area contributed by atoms with Crippen LogP contribution in [0.4, 0.5) is 0 Å². The maximum atomic E-state index is 6.56. The molecule has 2 aromatic heterocycles. The van der Waals surface area contributed by atoms with Crippen LogP contribution in [-0.2, 0) is 5.41 Å². The van der Waals surface area contributed by atoms with E-state index in [0.29, 0.717) is 29.3 Å². The van der Waals surface area contributed by atoms with Gasteiger partial charge in [-0.1, -0.05) is 171 Å². The normalized spacial score (nSPS) is 20.2. The van der Waals surface area contributed by atoms with E-state index in [4.69, 9.17) is 19.4 Å². The highest BCUT2D eigenvalue weighted by atomic mass is 16.3. The van der Waals surface area contributed by atoms with Gasteiger partial charge in [0, 0.05) is 44.7 Å². The Hall–Kier alpha value is -6.65. The summed E-state index contributed by atoms with van der Waals surface area (Å²) in [4.78, 5) is 15.7. The van der Waals surface area contributed by atoms with Gasteiger partial charge in [0.1, 0.15) is 11.2 Å². The number of para-hydroxylation sites is 1. The number of rotatable bonds is 6. The van der Waals surface area contributed by atoms with Crippen LogP contribution in [0, 0.1) is 11.8 Å². The van der Waals surface area contributed by atoms with Crippen molar-refractivity contribution in [1.29, 1.82) is 0 Å². The van der Waals surface area contributed by atoms with Crippen LogP contribution in [0.5, 0.6) is 0 Å². The molecule has 4 nitrogen and oxygen atoms in total. The lowest BCUT2D eigenvalue weighted by molar-refractivity contribution is 0.601. The molecule has 54 heavy (non-hydrogen) atoms. The third-order valence-electron chi connectivity index (χ3n) is 11.1. The Morgan fingerprint density at radius 2 is 1.26 bits per heavy atom. The summed E-state index contributed by atoms with van der Waals surface area (Å²) in [7, 11) is 0. The number of fused-ring (bicyclic) bond motifs is 4. The zero-order valence-corrected chi connectivity index (χ0v) is 29.9. The molecule has 3 unspecified atom stereocenters. The van der Waals surface area contributed by atoms with E-state index in [9.17, 15) is 0 Å². The maximum Gasteiger partial charge on any atom is 0.164 e. The molecule has 0 fully saturated rings. The number of furan rings is 1. The number of nitrogens with zero attached hydrogens (tertiary/aromatic N) is 3. The number of hydrogen-bond donors (Lipinski definition) is 0. The van der Waals surface area contributed by atoms with Crippen molar-refractivity contribution in [2.75, 3.05) is 0 Å². The molecular formula is C50H37N3O. The SMILES string of the molecule is CC1(c2ccccc2)C=CC(c2nc(-c3ccc(-c4ccccc4)cc3)nc(-c3cc(C4=CC5C=CC=CC5C=C4)cc4oc5ccccc5c34)n2)=CC1. The van der Waals surface area contributed by atoms with Gasteiger partial charge < -0.3 is 4.42 Å². The van der Waals surface area contributed by atoms with E-state index in [1.54, 1.807) is 0 Å². The molecule has 0 amide bonds. The first kappa shape index (κ1) is 32.0. The molecule has 3 aliphatic carbocycles. The molecule has 0 N–H and O–H groups in total. The van der Waals surface area contributed by atoms with Crippen LogP contribution < -0.4 is 0 Å². The van der Waals surface area contributed by atoms with Crippen molar-refractivity contribution in [1.82, 2.24) is 15.0 Å². The lowest BCUT2D eigenvalue weighted by Crippen LogP contribution is -2.20. The number of benzene rings is 5. The molecule has 0 saturated heterocycles. The average molecular weight is 696 g/mol. The van der Waals surface area contributed by atoms with Crippen molar-refractivity contribution < 1.29 is 4.42 Å². The third-order valence-corrected chi connectivity index (χ3v) is 11.1. The standard InChI is InChI=1S/C50H37N3O/c1-50(41-16-6-3-7-17-41)28-26-37(27-29-50)48-51-47(36-23-20-35(21-24-36)33-12-4-2-5-13-33)52-49(53-48)43-31-40(39-25-22-34-14-8-9-15-38(34)30-39)32-45-46(43)42-18-10-11-19-44(42)54-45/h2-28,30-32,34,38H,29H2,1H3. The minimum absolute atomic E-state index is 0.115. The van der Waals surface area contributed by atoms with E-state index in [1.807, 2.05) is 18.2 Å². The van der Waals surface area contributed by atoms with E-state index in [1.165, 1.54) is 11.1 Å². The Morgan fingerprint density at radius 1 is 0.574 bits per heavy atom. The van der Waals surface area contributed by atoms with Gasteiger partial charge in [0.2, 0.25) is 0 Å². The Morgan fingerprint density at radius 3 is 2.06 bits per heavy atom. The van der Waals surface area contributed by atoms with Crippen molar-refractivity contribution in [3.05, 3.63) is 199 Å². The van der Waals surface area contributed by atoms with Gasteiger partial charge in [0.15, 0.2) is 17.5 Å². The van der Waals surface area contributed by atoms with E-state index < -0.39 is 0 Å². The Labute approximate surface area is 315 Å². The molecule has 4 heteroatoms. The molecule has 0 spiro atoms. The van der Waals surface area contributed by atoms with Crippen molar-refractivity contribution >= 4 is 33.1 Å². The number of allylic oxidation sites excluding steroid dienone is 12. The summed E-state index contributed by atoms with van der Waals surface area (Å²) in [6.07, 6.45) is 23.3. The summed E-state index contributed by atoms with van der Waals surface area (Å²) in [5.74, 6) is 2.58. The van der Waals surface area contributed by atoms with Gasteiger partial charge in [-0.2, -0.15) is 0 Å². The third kappa shape index (κ3) is 5.77. The highest BCUT2D eigenvalue weighted by Gasteiger charge is 2.27. The monoisotopic (exact) mass is 695 g/mol. The van der Waals surface area contributed by atoms with Crippen LogP contribution in [0.25, 0.3) is 67.0 Å². The molecule has 3 atom stereocenters. The van der Waals surface area contributed by atoms with Gasteiger partial charge in [-0.15, -0.1) is 0 Å². The summed E-state index contributed by atoms with van der Waals surface area (Å²) in [5.41, 5.74) is 10.2. The predicted molar refractivity (Wildman–Crippen MR) is 221 cm³/mol. The molecular weight excluding hydrogens is 659 g/mol. The second-order valence-electron chi connectivity index (χ2n) is 14.6. The minimum Gasteiger partial charge on any atom is -0.456 e. The zero-order chi connectivity index (χ0) is 36.1. The molecule has 258 valence electrons. The first-order valence-corrected chi connectivity index (χ1v) is 18.7. The minimum atomic E-state index is -0.115. The highest BCUT2D eigenvalue weighted by molar-refractivity contribution is 6.13. The van der Waals surface area contributed by atoms with Gasteiger partial charge in [-0.25, -0.2) is 15.0 Å². The molecule has 5 aromatic carbocycles. The highest BCUT2D eigenvalue weighted by Crippen LogP contribution is 2.41. The number of hydrogen-bond acceptors (Lipinski definition) is 4. The van der Waals surface area contributed by atoms with Crippen LogP contribution in [0.2, 0.25) is 0 Å². The second-order valence-corrected chi connectivity index (χ2v) is 14.6. The Balaban J connectivity index is 1.15. The lowest BCUT2D eigenvalue weighted by Gasteiger charge is -2.28. The smallest absolute Gasteiger partial charge is 0.164 e. The fourth-order valence-electron chi connectivity index (χ4n) is 8.00. The fourth-order valence-corrected chi connectivity index (χ4v) is 8.00. The van der Waals surface area contributed by atoms with E-state index in [2.05, 4.69) is 171 Å². The van der Waals surface area contributed by atoms with Crippen LogP contribution in [-0.4, -0.2) is 15.0 Å². The van der Waals surface area contributed by atoms with Gasteiger partial charge in [-0.3, -0.25) is 0 Å². The topological polar surface area (TPSA) is 51.8 Å². The number of aromatic nitrogens is 3. The average Bonchev–Trinajstić information content (AvgIpc) is 3.63. The van der Waals surface area contributed by atoms with Crippen molar-refractivity contribution in [2.24, 2.45) is 11.8 Å². The van der Waals surface area contributed by atoms with E-state index in [0.717, 1.165) is 61.8 Å². The van der Waals surface area contributed by atoms with Crippen molar-refractivity contribution in [3.63, 3.8) is 0 Å². The molecule has 0 bridgehead atoms. The Bertz CT molecular complexity index is 2750. The molecule has 7 aromatic rings. The Kier molecular flexibility index (Phi) is 7.76. The van der Waals surface area contributed by atoms with Crippen LogP contribution in [0.15, 0.2) is 187 Å². The van der Waals surface area contributed by atoms with E-state index in [-0.39, 0.29) is 5.41 Å². The maximum absolute atomic E-state index is 6.56. The summed E-state index contributed by atoms with van der Waals surface area (Å²) in [6, 6.07) is 42.3. The predicted octanol–water partition coefficient (Wildman–Crippen LogP) is 12.4. The molecule has 2 heterocycles. The quantitative estimate of drug-likeness (QED) is 0.174. The molecule has 3 aliphatic rings. The molecule has 0 saturated carbocycles. The second kappa shape index (κ2) is 13.1. The van der Waals surface area contributed by atoms with Gasteiger partial charge in [0.05, 0.1) is 0 Å². The van der Waals surface area contributed by atoms with Crippen LogP contribution >= 0.6 is 0 Å². The summed E-state index contributed by atoms with van der Waals surface area (Å²) in [5, 5.41) is 2.04. The largest absolute Gasteiger partial charge is 0.456 e. The molecule has 10 rings (SSSR count). The summed E-state index contributed by atoms with van der Waals surface area (Å²) in [6.45, 7) is 2.28. The lowest BCUT2D eigenvalue weighted by atomic mass is 9.76. The summed E-state index contributed by atoms with van der Waals surface area (Å²) < 4.78 is 6.56. The van der Waals surface area contributed by atoms with Crippen LogP contribution in [0.1, 0.15) is 30.3 Å².